The number of piperidine rings is 1. The van der Waals surface area contributed by atoms with Gasteiger partial charge in [-0.1, -0.05) is 26.8 Å². The fourth-order valence-corrected chi connectivity index (χ4v) is 3.33. The SMILES string of the molecule is CC(C)(C)SCC(=O)NC1CNCCC1c1ccc(F)c(F)c1. The Labute approximate surface area is 140 Å². The Morgan fingerprint density at radius 1 is 1.35 bits per heavy atom. The molecule has 1 aromatic rings. The van der Waals surface area contributed by atoms with Gasteiger partial charge >= 0.3 is 0 Å². The van der Waals surface area contributed by atoms with Crippen LogP contribution < -0.4 is 10.6 Å². The monoisotopic (exact) mass is 342 g/mol. The minimum absolute atomic E-state index is 0.00469. The minimum atomic E-state index is -0.843. The van der Waals surface area contributed by atoms with E-state index in [1.807, 2.05) is 0 Å². The summed E-state index contributed by atoms with van der Waals surface area (Å²) in [5.41, 5.74) is 0.735. The van der Waals surface area contributed by atoms with E-state index >= 15 is 0 Å². The van der Waals surface area contributed by atoms with E-state index < -0.39 is 11.6 Å². The molecule has 1 aliphatic rings. The van der Waals surface area contributed by atoms with Gasteiger partial charge in [-0.15, -0.1) is 11.8 Å². The van der Waals surface area contributed by atoms with Crippen LogP contribution in [0.3, 0.4) is 0 Å². The van der Waals surface area contributed by atoms with Crippen LogP contribution in [0, 0.1) is 11.6 Å². The van der Waals surface area contributed by atoms with E-state index in [0.29, 0.717) is 12.3 Å². The second-order valence-electron chi connectivity index (χ2n) is 6.85. The lowest BCUT2D eigenvalue weighted by atomic mass is 9.86. The van der Waals surface area contributed by atoms with E-state index in [4.69, 9.17) is 0 Å². The Balaban J connectivity index is 2.03. The highest BCUT2D eigenvalue weighted by atomic mass is 32.2. The number of hydrogen-bond donors (Lipinski definition) is 2. The van der Waals surface area contributed by atoms with Gasteiger partial charge in [0.1, 0.15) is 0 Å². The number of carbonyl (C=O) groups excluding carboxylic acids is 1. The Morgan fingerprint density at radius 2 is 2.09 bits per heavy atom. The number of amides is 1. The van der Waals surface area contributed by atoms with E-state index in [0.717, 1.165) is 24.6 Å². The molecule has 1 aliphatic heterocycles. The molecule has 2 atom stereocenters. The third-order valence-corrected chi connectivity index (χ3v) is 5.11. The van der Waals surface area contributed by atoms with Crippen molar-refractivity contribution in [1.82, 2.24) is 10.6 Å². The maximum absolute atomic E-state index is 13.5. The predicted octanol–water partition coefficient (Wildman–Crippen LogP) is 3.06. The summed E-state index contributed by atoms with van der Waals surface area (Å²) in [7, 11) is 0. The Kier molecular flexibility index (Phi) is 6.03. The molecule has 1 aromatic carbocycles. The van der Waals surface area contributed by atoms with E-state index in [1.165, 1.54) is 6.07 Å². The van der Waals surface area contributed by atoms with Crippen LogP contribution in [-0.2, 0) is 4.79 Å². The molecule has 2 unspecified atom stereocenters. The van der Waals surface area contributed by atoms with Gasteiger partial charge in [-0.05, 0) is 30.7 Å². The first kappa shape index (κ1) is 18.2. The molecule has 6 heteroatoms. The summed E-state index contributed by atoms with van der Waals surface area (Å²) in [5.74, 6) is -1.31. The smallest absolute Gasteiger partial charge is 0.230 e. The van der Waals surface area contributed by atoms with Crippen LogP contribution in [0.2, 0.25) is 0 Å². The summed E-state index contributed by atoms with van der Waals surface area (Å²) in [5, 5.41) is 6.28. The highest BCUT2D eigenvalue weighted by molar-refractivity contribution is 8.01. The van der Waals surface area contributed by atoms with Crippen LogP contribution >= 0.6 is 11.8 Å². The Morgan fingerprint density at radius 3 is 2.74 bits per heavy atom. The molecule has 0 bridgehead atoms. The van der Waals surface area contributed by atoms with Crippen LogP contribution in [0.25, 0.3) is 0 Å². The van der Waals surface area contributed by atoms with Crippen molar-refractivity contribution in [2.75, 3.05) is 18.8 Å². The van der Waals surface area contributed by atoms with Gasteiger partial charge in [0.15, 0.2) is 11.6 Å². The van der Waals surface area contributed by atoms with Crippen molar-refractivity contribution in [3.05, 3.63) is 35.4 Å². The van der Waals surface area contributed by atoms with Crippen molar-refractivity contribution in [3.8, 4) is 0 Å². The zero-order valence-electron chi connectivity index (χ0n) is 13.8. The number of halogens is 2. The summed E-state index contributed by atoms with van der Waals surface area (Å²) < 4.78 is 26.6. The molecule has 0 radical (unpaired) electrons. The lowest BCUT2D eigenvalue weighted by molar-refractivity contribution is -0.119. The van der Waals surface area contributed by atoms with Crippen molar-refractivity contribution in [2.45, 2.75) is 43.9 Å². The zero-order chi connectivity index (χ0) is 17.0. The summed E-state index contributed by atoms with van der Waals surface area (Å²) in [6, 6.07) is 3.90. The fraction of sp³-hybridized carbons (Fsp3) is 0.588. The standard InChI is InChI=1S/C17H24F2N2OS/c1-17(2,3)23-10-16(22)21-15-9-20-7-6-12(15)11-4-5-13(18)14(19)8-11/h4-5,8,12,15,20H,6-7,9-10H2,1-3H3,(H,21,22). The van der Waals surface area contributed by atoms with E-state index in [-0.39, 0.29) is 22.6 Å². The maximum atomic E-state index is 13.5. The second-order valence-corrected chi connectivity index (χ2v) is 8.65. The molecule has 0 aromatic heterocycles. The van der Waals surface area contributed by atoms with Gasteiger partial charge in [-0.25, -0.2) is 8.78 Å². The average molecular weight is 342 g/mol. The molecule has 0 saturated carbocycles. The van der Waals surface area contributed by atoms with Crippen LogP contribution in [0.5, 0.6) is 0 Å². The van der Waals surface area contributed by atoms with Gasteiger partial charge in [0.05, 0.1) is 5.75 Å². The van der Waals surface area contributed by atoms with Gasteiger partial charge in [-0.3, -0.25) is 4.79 Å². The quantitative estimate of drug-likeness (QED) is 0.884. The summed E-state index contributed by atoms with van der Waals surface area (Å²) in [6.45, 7) is 7.63. The number of hydrogen-bond acceptors (Lipinski definition) is 3. The first-order valence-electron chi connectivity index (χ1n) is 7.85. The van der Waals surface area contributed by atoms with Crippen molar-refractivity contribution < 1.29 is 13.6 Å². The van der Waals surface area contributed by atoms with Crippen molar-refractivity contribution in [1.29, 1.82) is 0 Å². The molecule has 1 heterocycles. The lowest BCUT2D eigenvalue weighted by Crippen LogP contribution is -2.50. The van der Waals surface area contributed by atoms with Gasteiger partial charge in [0.2, 0.25) is 5.91 Å². The molecule has 0 aliphatic carbocycles. The highest BCUT2D eigenvalue weighted by Crippen LogP contribution is 2.27. The van der Waals surface area contributed by atoms with E-state index in [9.17, 15) is 13.6 Å². The topological polar surface area (TPSA) is 41.1 Å². The van der Waals surface area contributed by atoms with Gasteiger partial charge < -0.3 is 10.6 Å². The van der Waals surface area contributed by atoms with Crippen LogP contribution in [0.15, 0.2) is 18.2 Å². The summed E-state index contributed by atoms with van der Waals surface area (Å²) in [6.07, 6.45) is 0.780. The summed E-state index contributed by atoms with van der Waals surface area (Å²) >= 11 is 1.59. The largest absolute Gasteiger partial charge is 0.351 e. The number of benzene rings is 1. The minimum Gasteiger partial charge on any atom is -0.351 e. The highest BCUT2D eigenvalue weighted by Gasteiger charge is 2.28. The van der Waals surface area contributed by atoms with E-state index in [2.05, 4.69) is 31.4 Å². The lowest BCUT2D eigenvalue weighted by Gasteiger charge is -2.33. The van der Waals surface area contributed by atoms with E-state index in [1.54, 1.807) is 17.8 Å². The molecule has 1 fully saturated rings. The number of thioether (sulfide) groups is 1. The normalized spacial score (nSPS) is 22.0. The second kappa shape index (κ2) is 7.62. The number of carbonyl (C=O) groups is 1. The molecule has 3 nitrogen and oxygen atoms in total. The van der Waals surface area contributed by atoms with Crippen molar-refractivity contribution in [2.24, 2.45) is 0 Å². The zero-order valence-corrected chi connectivity index (χ0v) is 14.6. The molecule has 2 rings (SSSR count). The Hall–Kier alpha value is -1.14. The van der Waals surface area contributed by atoms with Gasteiger partial charge in [0, 0.05) is 23.3 Å². The molecule has 128 valence electrons. The number of rotatable bonds is 4. The maximum Gasteiger partial charge on any atom is 0.230 e. The molecular weight excluding hydrogens is 318 g/mol. The van der Waals surface area contributed by atoms with Crippen LogP contribution in [0.1, 0.15) is 38.7 Å². The summed E-state index contributed by atoms with van der Waals surface area (Å²) in [4.78, 5) is 12.2. The molecule has 0 spiro atoms. The first-order valence-corrected chi connectivity index (χ1v) is 8.84. The first-order chi connectivity index (χ1) is 10.8. The van der Waals surface area contributed by atoms with Crippen LogP contribution in [0.4, 0.5) is 8.78 Å². The Bertz CT molecular complexity index is 560. The predicted molar refractivity (Wildman–Crippen MR) is 90.7 cm³/mol. The third kappa shape index (κ3) is 5.46. The molecule has 23 heavy (non-hydrogen) atoms. The third-order valence-electron chi connectivity index (χ3n) is 3.84. The molecular formula is C17H24F2N2OS. The fourth-order valence-electron chi connectivity index (χ4n) is 2.68. The van der Waals surface area contributed by atoms with Crippen molar-refractivity contribution in [3.63, 3.8) is 0 Å². The van der Waals surface area contributed by atoms with Gasteiger partial charge in [0.25, 0.3) is 0 Å². The molecule has 1 amide bonds. The average Bonchev–Trinajstić information content (AvgIpc) is 2.48. The van der Waals surface area contributed by atoms with Crippen molar-refractivity contribution >= 4 is 17.7 Å². The van der Waals surface area contributed by atoms with Gasteiger partial charge in [-0.2, -0.15) is 0 Å². The molecule has 2 N–H and O–H groups in total. The number of nitrogens with one attached hydrogen (secondary N) is 2. The van der Waals surface area contributed by atoms with Crippen LogP contribution in [-0.4, -0.2) is 35.5 Å². The molecule has 1 saturated heterocycles.